The van der Waals surface area contributed by atoms with Crippen LogP contribution in [0.5, 0.6) is 0 Å². The second-order valence-electron chi connectivity index (χ2n) is 9.82. The second-order valence-corrected chi connectivity index (χ2v) is 9.82. The average Bonchev–Trinajstić information content (AvgIpc) is 2.58. The molecule has 1 nitrogen and oxygen atoms in total. The Morgan fingerprint density at radius 1 is 1.14 bits per heavy atom. The Labute approximate surface area is 130 Å². The number of aliphatic hydroxyl groups is 1. The fraction of sp³-hybridized carbons (Fsp3) is 0.900. The summed E-state index contributed by atoms with van der Waals surface area (Å²) >= 11 is 0. The summed E-state index contributed by atoms with van der Waals surface area (Å²) in [6, 6.07) is 0. The Morgan fingerprint density at radius 2 is 1.90 bits per heavy atom. The minimum Gasteiger partial charge on any atom is -0.393 e. The van der Waals surface area contributed by atoms with Crippen molar-refractivity contribution in [2.45, 2.75) is 78.2 Å². The molecule has 4 aliphatic rings. The summed E-state index contributed by atoms with van der Waals surface area (Å²) in [4.78, 5) is 0. The van der Waals surface area contributed by atoms with Gasteiger partial charge in [0.2, 0.25) is 0 Å². The quantitative estimate of drug-likeness (QED) is 0.626. The van der Waals surface area contributed by atoms with Crippen LogP contribution in [-0.2, 0) is 0 Å². The number of allylic oxidation sites excluding steroid dienone is 1. The summed E-state index contributed by atoms with van der Waals surface area (Å²) in [5, 5.41) is 11.0. The van der Waals surface area contributed by atoms with E-state index in [-0.39, 0.29) is 6.10 Å². The van der Waals surface area contributed by atoms with Crippen LogP contribution in [0.15, 0.2) is 12.2 Å². The third kappa shape index (κ3) is 1.73. The molecule has 2 bridgehead atoms. The molecule has 4 aliphatic carbocycles. The van der Waals surface area contributed by atoms with Crippen molar-refractivity contribution in [3.8, 4) is 0 Å². The van der Waals surface area contributed by atoms with E-state index in [1.54, 1.807) is 0 Å². The molecular weight excluding hydrogens is 256 g/mol. The molecule has 4 saturated carbocycles. The number of fused-ring (bicyclic) bond motifs is 3. The molecule has 6 atom stereocenters. The SMILES string of the molecule is C=C1C[C@@]23CC[C@@H]4C(C)(C)CCC[C@]4(C)[C@H]2[C@H](O)C[C@@H]1C3. The van der Waals surface area contributed by atoms with Crippen molar-refractivity contribution in [1.29, 1.82) is 0 Å². The van der Waals surface area contributed by atoms with Crippen LogP contribution in [0.3, 0.4) is 0 Å². The van der Waals surface area contributed by atoms with Crippen LogP contribution in [0.25, 0.3) is 0 Å². The van der Waals surface area contributed by atoms with Crippen LogP contribution in [-0.4, -0.2) is 11.2 Å². The summed E-state index contributed by atoms with van der Waals surface area (Å²) in [7, 11) is 0. The van der Waals surface area contributed by atoms with Crippen molar-refractivity contribution < 1.29 is 5.11 Å². The third-order valence-electron chi connectivity index (χ3n) is 8.30. The van der Waals surface area contributed by atoms with E-state index in [9.17, 15) is 5.11 Å². The molecule has 4 fully saturated rings. The Balaban J connectivity index is 1.78. The Bertz CT molecular complexity index is 478. The predicted molar refractivity (Wildman–Crippen MR) is 86.9 cm³/mol. The summed E-state index contributed by atoms with van der Waals surface area (Å²) in [6.07, 6.45) is 10.2. The summed E-state index contributed by atoms with van der Waals surface area (Å²) < 4.78 is 0. The van der Waals surface area contributed by atoms with Crippen LogP contribution in [0.2, 0.25) is 0 Å². The summed E-state index contributed by atoms with van der Waals surface area (Å²) in [5.41, 5.74) is 2.67. The highest BCUT2D eigenvalue weighted by molar-refractivity contribution is 5.23. The number of rotatable bonds is 0. The highest BCUT2D eigenvalue weighted by Gasteiger charge is 2.65. The van der Waals surface area contributed by atoms with Gasteiger partial charge in [-0.1, -0.05) is 39.3 Å². The highest BCUT2D eigenvalue weighted by atomic mass is 16.3. The van der Waals surface area contributed by atoms with E-state index in [1.807, 2.05) is 0 Å². The monoisotopic (exact) mass is 288 g/mol. The minimum absolute atomic E-state index is 0.0790. The van der Waals surface area contributed by atoms with Gasteiger partial charge in [-0.15, -0.1) is 0 Å². The van der Waals surface area contributed by atoms with E-state index in [0.29, 0.717) is 28.1 Å². The van der Waals surface area contributed by atoms with Crippen molar-refractivity contribution in [1.82, 2.24) is 0 Å². The van der Waals surface area contributed by atoms with Crippen LogP contribution in [0, 0.1) is 34.0 Å². The van der Waals surface area contributed by atoms with E-state index >= 15 is 0 Å². The van der Waals surface area contributed by atoms with Crippen LogP contribution in [0.4, 0.5) is 0 Å². The lowest BCUT2D eigenvalue weighted by Gasteiger charge is -2.64. The van der Waals surface area contributed by atoms with E-state index in [2.05, 4.69) is 27.4 Å². The standard InChI is InChI=1S/C20H32O/c1-13-11-20-9-6-16-18(2,3)7-5-8-19(16,4)17(20)15(21)10-14(13)12-20/h14-17,21H,1,5-12H2,2-4H3/t14-,15-,16-,17-,19+,20-/m1/s1. The zero-order valence-electron chi connectivity index (χ0n) is 14.1. The van der Waals surface area contributed by atoms with Crippen molar-refractivity contribution >= 4 is 0 Å². The molecule has 0 aromatic carbocycles. The normalized spacial score (nSPS) is 55.0. The van der Waals surface area contributed by atoms with Gasteiger partial charge in [-0.2, -0.15) is 0 Å². The summed E-state index contributed by atoms with van der Waals surface area (Å²) in [6.45, 7) is 11.9. The first kappa shape index (κ1) is 14.3. The van der Waals surface area contributed by atoms with Crippen LogP contribution in [0.1, 0.15) is 72.1 Å². The van der Waals surface area contributed by atoms with E-state index in [0.717, 1.165) is 12.3 Å². The average molecular weight is 288 g/mol. The first-order valence-electron chi connectivity index (χ1n) is 9.14. The van der Waals surface area contributed by atoms with Crippen LogP contribution < -0.4 is 0 Å². The Hall–Kier alpha value is -0.300. The first-order chi connectivity index (χ1) is 9.79. The van der Waals surface area contributed by atoms with Gasteiger partial charge >= 0.3 is 0 Å². The smallest absolute Gasteiger partial charge is 0.0584 e. The van der Waals surface area contributed by atoms with E-state index < -0.39 is 0 Å². The molecule has 0 radical (unpaired) electrons. The zero-order chi connectivity index (χ0) is 15.0. The second kappa shape index (κ2) is 4.16. The van der Waals surface area contributed by atoms with E-state index in [4.69, 9.17) is 0 Å². The van der Waals surface area contributed by atoms with Crippen molar-refractivity contribution in [2.75, 3.05) is 0 Å². The molecule has 0 saturated heterocycles. The van der Waals surface area contributed by atoms with Gasteiger partial charge in [0, 0.05) is 0 Å². The highest BCUT2D eigenvalue weighted by Crippen LogP contribution is 2.71. The number of hydrogen-bond donors (Lipinski definition) is 1. The predicted octanol–water partition coefficient (Wildman–Crippen LogP) is 4.95. The molecule has 1 spiro atoms. The largest absolute Gasteiger partial charge is 0.393 e. The topological polar surface area (TPSA) is 20.2 Å². The van der Waals surface area contributed by atoms with Crippen molar-refractivity contribution in [3.05, 3.63) is 12.2 Å². The zero-order valence-corrected chi connectivity index (χ0v) is 14.1. The van der Waals surface area contributed by atoms with Crippen molar-refractivity contribution in [2.24, 2.45) is 34.0 Å². The molecule has 0 amide bonds. The molecule has 0 unspecified atom stereocenters. The first-order valence-corrected chi connectivity index (χ1v) is 9.14. The van der Waals surface area contributed by atoms with Crippen LogP contribution >= 0.6 is 0 Å². The maximum absolute atomic E-state index is 11.0. The number of aliphatic hydroxyl groups excluding tert-OH is 1. The molecule has 118 valence electrons. The lowest BCUT2D eigenvalue weighted by atomic mass is 9.41. The summed E-state index contributed by atoms with van der Waals surface area (Å²) in [5.74, 6) is 1.95. The van der Waals surface area contributed by atoms with Gasteiger partial charge in [-0.25, -0.2) is 0 Å². The fourth-order valence-corrected chi connectivity index (χ4v) is 7.80. The minimum atomic E-state index is -0.0790. The van der Waals surface area contributed by atoms with Gasteiger partial charge in [-0.3, -0.25) is 0 Å². The molecule has 0 aromatic rings. The lowest BCUT2D eigenvalue weighted by Crippen LogP contribution is -2.59. The molecule has 4 rings (SSSR count). The molecule has 0 heterocycles. The molecule has 0 aromatic heterocycles. The van der Waals surface area contributed by atoms with Gasteiger partial charge in [-0.05, 0) is 78.9 Å². The maximum atomic E-state index is 11.0. The van der Waals surface area contributed by atoms with Gasteiger partial charge in [0.25, 0.3) is 0 Å². The number of hydrogen-bond acceptors (Lipinski definition) is 1. The maximum Gasteiger partial charge on any atom is 0.0584 e. The van der Waals surface area contributed by atoms with Gasteiger partial charge in [0.05, 0.1) is 6.10 Å². The molecule has 1 N–H and O–H groups in total. The van der Waals surface area contributed by atoms with Gasteiger partial charge in [0.15, 0.2) is 0 Å². The van der Waals surface area contributed by atoms with Gasteiger partial charge < -0.3 is 5.11 Å². The molecular formula is C20H32O. The molecule has 1 heteroatoms. The Morgan fingerprint density at radius 3 is 2.67 bits per heavy atom. The Kier molecular flexibility index (Phi) is 2.83. The fourth-order valence-electron chi connectivity index (χ4n) is 7.80. The molecule has 21 heavy (non-hydrogen) atoms. The lowest BCUT2D eigenvalue weighted by molar-refractivity contribution is -0.184. The van der Waals surface area contributed by atoms with Gasteiger partial charge in [0.1, 0.15) is 0 Å². The molecule has 0 aliphatic heterocycles. The van der Waals surface area contributed by atoms with E-state index in [1.165, 1.54) is 50.5 Å². The van der Waals surface area contributed by atoms with Crippen molar-refractivity contribution in [3.63, 3.8) is 0 Å². The third-order valence-corrected chi connectivity index (χ3v) is 8.30.